The van der Waals surface area contributed by atoms with Crippen molar-refractivity contribution in [1.29, 1.82) is 0 Å². The smallest absolute Gasteiger partial charge is 0.0553 e. The highest BCUT2D eigenvalue weighted by Crippen LogP contribution is 2.14. The molecule has 0 N–H and O–H groups in total. The van der Waals surface area contributed by atoms with Gasteiger partial charge >= 0.3 is 0 Å². The molecule has 0 spiro atoms. The zero-order valence-electron chi connectivity index (χ0n) is 9.61. The number of rotatable bonds is 1. The Balaban J connectivity index is 2.06. The number of nitrogens with zero attached hydrogens (tertiary/aromatic N) is 3. The van der Waals surface area contributed by atoms with Gasteiger partial charge < -0.3 is 9.80 Å². The summed E-state index contributed by atoms with van der Waals surface area (Å²) in [6.07, 6.45) is 3.23. The standard InChI is InChI=1S/C12H19N3/c1-11-4-5-12(10-13-11)15-7-3-6-14(2)8-9-15/h4-5,10H,3,6-9H2,1-2H3. The van der Waals surface area contributed by atoms with E-state index in [0.29, 0.717) is 0 Å². The molecule has 0 amide bonds. The monoisotopic (exact) mass is 205 g/mol. The van der Waals surface area contributed by atoms with Crippen molar-refractivity contribution in [3.63, 3.8) is 0 Å². The van der Waals surface area contributed by atoms with Crippen molar-refractivity contribution in [2.24, 2.45) is 0 Å². The summed E-state index contributed by atoms with van der Waals surface area (Å²) in [5.41, 5.74) is 2.35. The quantitative estimate of drug-likeness (QED) is 0.693. The summed E-state index contributed by atoms with van der Waals surface area (Å²) in [5, 5.41) is 0. The van der Waals surface area contributed by atoms with Crippen molar-refractivity contribution in [1.82, 2.24) is 9.88 Å². The SMILES string of the molecule is Cc1ccc(N2CCCN(C)CC2)cn1. The second-order valence-electron chi connectivity index (χ2n) is 4.30. The van der Waals surface area contributed by atoms with Crippen LogP contribution in [0.5, 0.6) is 0 Å². The fraction of sp³-hybridized carbons (Fsp3) is 0.583. The molecule has 1 saturated heterocycles. The summed E-state index contributed by atoms with van der Waals surface area (Å²) in [6, 6.07) is 4.26. The van der Waals surface area contributed by atoms with Crippen LogP contribution in [0.25, 0.3) is 0 Å². The van der Waals surface area contributed by atoms with Crippen LogP contribution in [0.4, 0.5) is 5.69 Å². The average molecular weight is 205 g/mol. The lowest BCUT2D eigenvalue weighted by Crippen LogP contribution is -2.28. The lowest BCUT2D eigenvalue weighted by atomic mass is 10.3. The van der Waals surface area contributed by atoms with Crippen molar-refractivity contribution in [2.45, 2.75) is 13.3 Å². The van der Waals surface area contributed by atoms with E-state index in [1.54, 1.807) is 0 Å². The first-order valence-electron chi connectivity index (χ1n) is 5.62. The number of likely N-dealkylation sites (N-methyl/N-ethyl adjacent to an activating group) is 1. The summed E-state index contributed by atoms with van der Waals surface area (Å²) in [4.78, 5) is 9.17. The van der Waals surface area contributed by atoms with Gasteiger partial charge in [0.2, 0.25) is 0 Å². The van der Waals surface area contributed by atoms with Crippen LogP contribution >= 0.6 is 0 Å². The first-order chi connectivity index (χ1) is 7.25. The number of anilines is 1. The molecule has 82 valence electrons. The normalized spacial score (nSPS) is 18.9. The molecule has 0 aliphatic carbocycles. The fourth-order valence-corrected chi connectivity index (χ4v) is 1.95. The van der Waals surface area contributed by atoms with Gasteiger partial charge in [0.15, 0.2) is 0 Å². The Morgan fingerprint density at radius 1 is 1.13 bits per heavy atom. The van der Waals surface area contributed by atoms with Gasteiger partial charge in [-0.15, -0.1) is 0 Å². The van der Waals surface area contributed by atoms with Crippen molar-refractivity contribution in [3.05, 3.63) is 24.0 Å². The van der Waals surface area contributed by atoms with Crippen LogP contribution in [-0.2, 0) is 0 Å². The van der Waals surface area contributed by atoms with Crippen LogP contribution in [0, 0.1) is 6.92 Å². The van der Waals surface area contributed by atoms with Crippen LogP contribution in [0.1, 0.15) is 12.1 Å². The van der Waals surface area contributed by atoms with Crippen LogP contribution < -0.4 is 4.90 Å². The van der Waals surface area contributed by atoms with Gasteiger partial charge in [0.05, 0.1) is 11.9 Å². The molecule has 1 aromatic rings. The molecule has 1 aliphatic rings. The van der Waals surface area contributed by atoms with Crippen LogP contribution in [0.2, 0.25) is 0 Å². The zero-order valence-corrected chi connectivity index (χ0v) is 9.61. The Labute approximate surface area is 91.7 Å². The summed E-state index contributed by atoms with van der Waals surface area (Å²) < 4.78 is 0. The van der Waals surface area contributed by atoms with Crippen molar-refractivity contribution < 1.29 is 0 Å². The molecule has 2 rings (SSSR count). The van der Waals surface area contributed by atoms with E-state index >= 15 is 0 Å². The van der Waals surface area contributed by atoms with E-state index in [-0.39, 0.29) is 0 Å². The highest BCUT2D eigenvalue weighted by molar-refractivity contribution is 5.44. The number of hydrogen-bond donors (Lipinski definition) is 0. The summed E-state index contributed by atoms with van der Waals surface area (Å²) in [6.45, 7) is 6.64. The number of aromatic nitrogens is 1. The number of pyridine rings is 1. The molecule has 1 fully saturated rings. The van der Waals surface area contributed by atoms with E-state index in [1.807, 2.05) is 13.1 Å². The van der Waals surface area contributed by atoms with Crippen molar-refractivity contribution in [3.8, 4) is 0 Å². The predicted molar refractivity (Wildman–Crippen MR) is 63.3 cm³/mol. The van der Waals surface area contributed by atoms with Crippen LogP contribution in [-0.4, -0.2) is 43.1 Å². The molecule has 2 heterocycles. The number of aryl methyl sites for hydroxylation is 1. The molecule has 0 bridgehead atoms. The second kappa shape index (κ2) is 4.62. The Hall–Kier alpha value is -1.09. The van der Waals surface area contributed by atoms with Gasteiger partial charge in [-0.1, -0.05) is 0 Å². The lowest BCUT2D eigenvalue weighted by molar-refractivity contribution is 0.360. The molecule has 0 saturated carbocycles. The second-order valence-corrected chi connectivity index (χ2v) is 4.30. The maximum Gasteiger partial charge on any atom is 0.0553 e. The zero-order chi connectivity index (χ0) is 10.7. The Kier molecular flexibility index (Phi) is 3.21. The van der Waals surface area contributed by atoms with E-state index in [9.17, 15) is 0 Å². The lowest BCUT2D eigenvalue weighted by Gasteiger charge is -2.22. The van der Waals surface area contributed by atoms with Crippen molar-refractivity contribution >= 4 is 5.69 Å². The van der Waals surface area contributed by atoms with Gasteiger partial charge in [0.1, 0.15) is 0 Å². The fourth-order valence-electron chi connectivity index (χ4n) is 1.95. The Bertz CT molecular complexity index is 307. The van der Waals surface area contributed by atoms with E-state index < -0.39 is 0 Å². The van der Waals surface area contributed by atoms with Crippen LogP contribution in [0.3, 0.4) is 0 Å². The minimum Gasteiger partial charge on any atom is -0.369 e. The topological polar surface area (TPSA) is 19.4 Å². The van der Waals surface area contributed by atoms with Gasteiger partial charge in [-0.3, -0.25) is 4.98 Å². The molecule has 3 nitrogen and oxygen atoms in total. The third-order valence-electron chi connectivity index (χ3n) is 2.98. The third-order valence-corrected chi connectivity index (χ3v) is 2.98. The molecule has 0 unspecified atom stereocenters. The molecule has 0 atom stereocenters. The molecule has 0 aromatic carbocycles. The molecular formula is C12H19N3. The summed E-state index contributed by atoms with van der Waals surface area (Å²) in [7, 11) is 2.19. The van der Waals surface area contributed by atoms with Crippen LogP contribution in [0.15, 0.2) is 18.3 Å². The highest BCUT2D eigenvalue weighted by Gasteiger charge is 2.12. The van der Waals surface area contributed by atoms with Gasteiger partial charge in [0.25, 0.3) is 0 Å². The van der Waals surface area contributed by atoms with Gasteiger partial charge in [0, 0.05) is 25.3 Å². The van der Waals surface area contributed by atoms with E-state index in [4.69, 9.17) is 0 Å². The summed E-state index contributed by atoms with van der Waals surface area (Å²) in [5.74, 6) is 0. The van der Waals surface area contributed by atoms with Gasteiger partial charge in [-0.25, -0.2) is 0 Å². The predicted octanol–water partition coefficient (Wildman–Crippen LogP) is 1.53. The highest BCUT2D eigenvalue weighted by atomic mass is 15.2. The molecular weight excluding hydrogens is 186 g/mol. The molecule has 15 heavy (non-hydrogen) atoms. The summed E-state index contributed by atoms with van der Waals surface area (Å²) >= 11 is 0. The first kappa shape index (κ1) is 10.4. The van der Waals surface area contributed by atoms with Crippen molar-refractivity contribution in [2.75, 3.05) is 38.1 Å². The maximum absolute atomic E-state index is 4.35. The Morgan fingerprint density at radius 2 is 2.00 bits per heavy atom. The molecule has 1 aliphatic heterocycles. The maximum atomic E-state index is 4.35. The minimum absolute atomic E-state index is 1.09. The largest absolute Gasteiger partial charge is 0.369 e. The Morgan fingerprint density at radius 3 is 2.73 bits per heavy atom. The number of hydrogen-bond acceptors (Lipinski definition) is 3. The first-order valence-corrected chi connectivity index (χ1v) is 5.62. The average Bonchev–Trinajstić information content (AvgIpc) is 2.44. The minimum atomic E-state index is 1.09. The molecule has 0 radical (unpaired) electrons. The third kappa shape index (κ3) is 2.69. The van der Waals surface area contributed by atoms with Gasteiger partial charge in [-0.2, -0.15) is 0 Å². The van der Waals surface area contributed by atoms with E-state index in [1.165, 1.54) is 18.7 Å². The van der Waals surface area contributed by atoms with E-state index in [2.05, 4.69) is 34.0 Å². The molecule has 3 heteroatoms. The van der Waals surface area contributed by atoms with E-state index in [0.717, 1.165) is 25.3 Å². The van der Waals surface area contributed by atoms with Gasteiger partial charge in [-0.05, 0) is 39.1 Å². The molecule has 1 aromatic heterocycles.